The molecule has 7 nitrogen and oxygen atoms in total. The molecule has 0 aliphatic carbocycles. The van der Waals surface area contributed by atoms with Crippen molar-refractivity contribution in [2.45, 2.75) is 19.0 Å². The highest BCUT2D eigenvalue weighted by Gasteiger charge is 2.33. The summed E-state index contributed by atoms with van der Waals surface area (Å²) in [6.07, 6.45) is 4.24. The maximum atomic E-state index is 14.7. The van der Waals surface area contributed by atoms with Crippen LogP contribution in [0.15, 0.2) is 48.8 Å². The molecular weight excluding hydrogens is 397 g/mol. The SMILES string of the molecule is COc1cccc(F)c1-c1nccc2c1CN(c1ccc(N3CCC(N)C3)cn1)C2=O. The third-order valence-corrected chi connectivity index (χ3v) is 5.88. The number of carbonyl (C=O) groups is 1. The second-order valence-corrected chi connectivity index (χ2v) is 7.76. The van der Waals surface area contributed by atoms with Crippen LogP contribution in [0.3, 0.4) is 0 Å². The molecule has 3 aromatic rings. The number of aromatic nitrogens is 2. The molecule has 158 valence electrons. The van der Waals surface area contributed by atoms with Gasteiger partial charge in [0.05, 0.1) is 36.8 Å². The van der Waals surface area contributed by atoms with Crippen molar-refractivity contribution in [3.63, 3.8) is 0 Å². The third kappa shape index (κ3) is 3.29. The average Bonchev–Trinajstić information content (AvgIpc) is 3.37. The number of fused-ring (bicyclic) bond motifs is 1. The first kappa shape index (κ1) is 19.4. The number of nitrogens with zero attached hydrogens (tertiary/aromatic N) is 4. The lowest BCUT2D eigenvalue weighted by Crippen LogP contribution is -2.27. The fourth-order valence-corrected chi connectivity index (χ4v) is 4.28. The number of benzene rings is 1. The number of nitrogens with two attached hydrogens (primary N) is 1. The minimum atomic E-state index is -0.447. The highest BCUT2D eigenvalue weighted by Crippen LogP contribution is 2.38. The maximum absolute atomic E-state index is 14.7. The molecule has 31 heavy (non-hydrogen) atoms. The van der Waals surface area contributed by atoms with Crippen LogP contribution in [0, 0.1) is 5.82 Å². The van der Waals surface area contributed by atoms with Crippen molar-refractivity contribution in [1.82, 2.24) is 9.97 Å². The largest absolute Gasteiger partial charge is 0.496 e. The van der Waals surface area contributed by atoms with Gasteiger partial charge < -0.3 is 15.4 Å². The predicted octanol–water partition coefficient (Wildman–Crippen LogP) is 2.99. The molecule has 0 saturated carbocycles. The molecule has 2 N–H and O–H groups in total. The summed E-state index contributed by atoms with van der Waals surface area (Å²) in [5, 5.41) is 0. The van der Waals surface area contributed by atoms with Crippen LogP contribution < -0.4 is 20.3 Å². The Kier molecular flexibility index (Phi) is 4.78. The lowest BCUT2D eigenvalue weighted by Gasteiger charge is -2.20. The number of hydrogen-bond acceptors (Lipinski definition) is 6. The van der Waals surface area contributed by atoms with Gasteiger partial charge in [0.1, 0.15) is 17.4 Å². The van der Waals surface area contributed by atoms with Crippen molar-refractivity contribution in [3.8, 4) is 17.0 Å². The summed E-state index contributed by atoms with van der Waals surface area (Å²) >= 11 is 0. The number of anilines is 2. The molecule has 5 rings (SSSR count). The number of hydrogen-bond donors (Lipinski definition) is 1. The number of amides is 1. The summed E-state index contributed by atoms with van der Waals surface area (Å²) in [4.78, 5) is 25.8. The molecule has 2 aliphatic rings. The smallest absolute Gasteiger partial charge is 0.260 e. The van der Waals surface area contributed by atoms with Gasteiger partial charge >= 0.3 is 0 Å². The normalized spacial score (nSPS) is 17.9. The summed E-state index contributed by atoms with van der Waals surface area (Å²) in [6, 6.07) is 10.2. The zero-order valence-corrected chi connectivity index (χ0v) is 17.1. The molecule has 1 unspecified atom stereocenters. The second kappa shape index (κ2) is 7.63. The Morgan fingerprint density at radius 3 is 2.77 bits per heavy atom. The second-order valence-electron chi connectivity index (χ2n) is 7.76. The Balaban J connectivity index is 1.48. The first-order valence-electron chi connectivity index (χ1n) is 10.2. The van der Waals surface area contributed by atoms with E-state index in [0.29, 0.717) is 28.4 Å². The number of halogens is 1. The zero-order chi connectivity index (χ0) is 21.5. The fraction of sp³-hybridized carbons (Fsp3) is 0.261. The van der Waals surface area contributed by atoms with Gasteiger partial charge in [0.25, 0.3) is 5.91 Å². The summed E-state index contributed by atoms with van der Waals surface area (Å²) in [6.45, 7) is 1.96. The molecule has 2 aliphatic heterocycles. The van der Waals surface area contributed by atoms with Gasteiger partial charge in [-0.15, -0.1) is 0 Å². The van der Waals surface area contributed by atoms with Gasteiger partial charge in [-0.1, -0.05) is 6.07 Å². The van der Waals surface area contributed by atoms with Gasteiger partial charge in [-0.05, 0) is 36.8 Å². The Hall–Kier alpha value is -3.52. The van der Waals surface area contributed by atoms with E-state index in [4.69, 9.17) is 10.5 Å². The Bertz CT molecular complexity index is 1150. The van der Waals surface area contributed by atoms with Crippen LogP contribution in [0.5, 0.6) is 5.75 Å². The van der Waals surface area contributed by atoms with Crippen molar-refractivity contribution in [2.24, 2.45) is 5.73 Å². The number of ether oxygens (including phenoxy) is 1. The summed E-state index contributed by atoms with van der Waals surface area (Å²) in [5.41, 5.74) is 8.80. The molecule has 8 heteroatoms. The molecule has 1 atom stereocenters. The van der Waals surface area contributed by atoms with E-state index in [-0.39, 0.29) is 24.1 Å². The summed E-state index contributed by atoms with van der Waals surface area (Å²) < 4.78 is 20.0. The van der Waals surface area contributed by atoms with E-state index in [0.717, 1.165) is 25.2 Å². The maximum Gasteiger partial charge on any atom is 0.260 e. The zero-order valence-electron chi connectivity index (χ0n) is 17.1. The molecule has 2 aromatic heterocycles. The summed E-state index contributed by atoms with van der Waals surface area (Å²) in [7, 11) is 1.48. The first-order valence-corrected chi connectivity index (χ1v) is 10.2. The van der Waals surface area contributed by atoms with Gasteiger partial charge in [-0.3, -0.25) is 14.7 Å². The standard InChI is InChI=1S/C23H22FN5O2/c1-31-19-4-2-3-18(24)21(19)22-17-13-29(23(30)16(17)7-9-26-22)20-6-5-15(11-27-20)28-10-8-14(25)12-28/h2-7,9,11,14H,8,10,12-13,25H2,1H3. The number of carbonyl (C=O) groups excluding carboxylic acids is 1. The van der Waals surface area contributed by atoms with Crippen molar-refractivity contribution < 1.29 is 13.9 Å². The van der Waals surface area contributed by atoms with E-state index >= 15 is 0 Å². The van der Waals surface area contributed by atoms with Crippen LogP contribution in [-0.2, 0) is 6.54 Å². The Labute approximate surface area is 179 Å². The highest BCUT2D eigenvalue weighted by molar-refractivity contribution is 6.10. The van der Waals surface area contributed by atoms with E-state index in [9.17, 15) is 9.18 Å². The van der Waals surface area contributed by atoms with Crippen LogP contribution in [0.25, 0.3) is 11.3 Å². The monoisotopic (exact) mass is 419 g/mol. The van der Waals surface area contributed by atoms with E-state index in [1.807, 2.05) is 12.1 Å². The van der Waals surface area contributed by atoms with Gasteiger partial charge in [-0.25, -0.2) is 9.37 Å². The van der Waals surface area contributed by atoms with E-state index in [2.05, 4.69) is 14.9 Å². The molecule has 4 heterocycles. The van der Waals surface area contributed by atoms with Crippen molar-refractivity contribution >= 4 is 17.4 Å². The minimum absolute atomic E-state index is 0.177. The van der Waals surface area contributed by atoms with Gasteiger partial charge in [0.15, 0.2) is 0 Å². The third-order valence-electron chi connectivity index (χ3n) is 5.88. The van der Waals surface area contributed by atoms with Gasteiger partial charge in [0, 0.05) is 36.5 Å². The number of rotatable bonds is 4. The molecule has 1 aromatic carbocycles. The molecule has 1 fully saturated rings. The van der Waals surface area contributed by atoms with Crippen LogP contribution in [-0.4, -0.2) is 42.1 Å². The molecular formula is C23H22FN5O2. The predicted molar refractivity (Wildman–Crippen MR) is 116 cm³/mol. The quantitative estimate of drug-likeness (QED) is 0.700. The van der Waals surface area contributed by atoms with Crippen molar-refractivity contribution in [1.29, 1.82) is 0 Å². The van der Waals surface area contributed by atoms with Crippen LogP contribution in [0.4, 0.5) is 15.9 Å². The van der Waals surface area contributed by atoms with E-state index in [1.54, 1.807) is 29.3 Å². The fourth-order valence-electron chi connectivity index (χ4n) is 4.28. The average molecular weight is 419 g/mol. The molecule has 1 amide bonds. The van der Waals surface area contributed by atoms with Crippen molar-refractivity contribution in [3.05, 3.63) is 65.7 Å². The van der Waals surface area contributed by atoms with E-state index < -0.39 is 5.82 Å². The summed E-state index contributed by atoms with van der Waals surface area (Å²) in [5.74, 6) is 0.285. The molecule has 0 bridgehead atoms. The highest BCUT2D eigenvalue weighted by atomic mass is 19.1. The van der Waals surface area contributed by atoms with Crippen LogP contribution in [0.2, 0.25) is 0 Å². The van der Waals surface area contributed by atoms with Gasteiger partial charge in [0.2, 0.25) is 0 Å². The van der Waals surface area contributed by atoms with Crippen LogP contribution in [0.1, 0.15) is 22.3 Å². The van der Waals surface area contributed by atoms with E-state index in [1.165, 1.54) is 19.4 Å². The number of pyridine rings is 2. The van der Waals surface area contributed by atoms with Gasteiger partial charge in [-0.2, -0.15) is 0 Å². The Morgan fingerprint density at radius 2 is 2.06 bits per heavy atom. The molecule has 0 radical (unpaired) electrons. The molecule has 1 saturated heterocycles. The molecule has 0 spiro atoms. The lowest BCUT2D eigenvalue weighted by atomic mass is 10.0. The minimum Gasteiger partial charge on any atom is -0.496 e. The lowest BCUT2D eigenvalue weighted by molar-refractivity contribution is 0.0996. The van der Waals surface area contributed by atoms with Crippen LogP contribution >= 0.6 is 0 Å². The first-order chi connectivity index (χ1) is 15.1. The number of methoxy groups -OCH3 is 1. The Morgan fingerprint density at radius 1 is 1.19 bits per heavy atom. The van der Waals surface area contributed by atoms with Crippen molar-refractivity contribution in [2.75, 3.05) is 30.0 Å². The topological polar surface area (TPSA) is 84.6 Å².